The number of nitrogens with one attached hydrogen (secondary N) is 3. The third kappa shape index (κ3) is 3.97. The molecule has 0 aliphatic heterocycles. The largest absolute Gasteiger partial charge is 0.496 e. The van der Waals surface area contributed by atoms with Crippen molar-refractivity contribution in [2.75, 3.05) is 7.11 Å². The number of aromatic nitrogens is 3. The van der Waals surface area contributed by atoms with E-state index in [1.807, 2.05) is 6.07 Å². The number of H-pyrrole nitrogens is 1. The van der Waals surface area contributed by atoms with E-state index in [4.69, 9.17) is 4.74 Å². The molecule has 0 spiro atoms. The number of fused-ring (bicyclic) bond motifs is 1. The second-order valence-corrected chi connectivity index (χ2v) is 6.89. The van der Waals surface area contributed by atoms with Gasteiger partial charge >= 0.3 is 5.69 Å². The van der Waals surface area contributed by atoms with Crippen LogP contribution in [0.5, 0.6) is 5.75 Å². The van der Waals surface area contributed by atoms with Crippen LogP contribution in [-0.4, -0.2) is 39.1 Å². The molecule has 0 bridgehead atoms. The number of hydrogen-bond donors (Lipinski definition) is 3. The molecule has 3 aromatic rings. The number of carbonyl (C=O) groups is 2. The van der Waals surface area contributed by atoms with Crippen LogP contribution in [0, 0.1) is 0 Å². The zero-order valence-corrected chi connectivity index (χ0v) is 17.1. The van der Waals surface area contributed by atoms with Crippen LogP contribution in [-0.2, 0) is 25.4 Å². The second kappa shape index (κ2) is 8.27. The quantitative estimate of drug-likeness (QED) is 0.525. The molecule has 10 heteroatoms. The molecule has 10 nitrogen and oxygen atoms in total. The highest BCUT2D eigenvalue weighted by Gasteiger charge is 2.19. The van der Waals surface area contributed by atoms with Gasteiger partial charge in [0.25, 0.3) is 11.5 Å². The molecule has 2 amide bonds. The summed E-state index contributed by atoms with van der Waals surface area (Å²) in [5, 5.41) is 6.00. The summed E-state index contributed by atoms with van der Waals surface area (Å²) in [4.78, 5) is 51.6. The number of amides is 2. The minimum atomic E-state index is -0.839. The summed E-state index contributed by atoms with van der Waals surface area (Å²) in [5.74, 6) is -0.268. The van der Waals surface area contributed by atoms with Crippen LogP contribution in [0.25, 0.3) is 10.9 Å². The van der Waals surface area contributed by atoms with Crippen molar-refractivity contribution >= 4 is 22.7 Å². The molecule has 1 unspecified atom stereocenters. The highest BCUT2D eigenvalue weighted by atomic mass is 16.5. The Morgan fingerprint density at radius 2 is 1.90 bits per heavy atom. The molecule has 30 heavy (non-hydrogen) atoms. The molecule has 0 radical (unpaired) electrons. The van der Waals surface area contributed by atoms with Gasteiger partial charge in [-0.2, -0.15) is 0 Å². The average molecular weight is 413 g/mol. The zero-order valence-electron chi connectivity index (χ0n) is 17.1. The van der Waals surface area contributed by atoms with E-state index in [2.05, 4.69) is 15.6 Å². The lowest BCUT2D eigenvalue weighted by atomic mass is 10.2. The summed E-state index contributed by atoms with van der Waals surface area (Å²) in [6.45, 7) is 1.52. The van der Waals surface area contributed by atoms with Crippen LogP contribution in [0.1, 0.15) is 23.1 Å². The van der Waals surface area contributed by atoms with E-state index in [9.17, 15) is 19.2 Å². The maximum atomic E-state index is 12.5. The van der Waals surface area contributed by atoms with Crippen molar-refractivity contribution in [3.05, 3.63) is 62.6 Å². The van der Waals surface area contributed by atoms with Crippen molar-refractivity contribution < 1.29 is 14.3 Å². The summed E-state index contributed by atoms with van der Waals surface area (Å²) in [5.41, 5.74) is 0.448. The van der Waals surface area contributed by atoms with E-state index >= 15 is 0 Å². The van der Waals surface area contributed by atoms with Crippen molar-refractivity contribution in [3.8, 4) is 5.75 Å². The van der Waals surface area contributed by atoms with E-state index in [1.54, 1.807) is 32.2 Å². The maximum Gasteiger partial charge on any atom is 0.330 e. The van der Waals surface area contributed by atoms with Crippen LogP contribution in [0.3, 0.4) is 0 Å². The summed E-state index contributed by atoms with van der Waals surface area (Å²) < 4.78 is 7.54. The summed E-state index contributed by atoms with van der Waals surface area (Å²) in [6.07, 6.45) is 0. The van der Waals surface area contributed by atoms with Gasteiger partial charge in [-0.1, -0.05) is 6.07 Å². The van der Waals surface area contributed by atoms with Gasteiger partial charge in [-0.3, -0.25) is 23.5 Å². The third-order valence-corrected chi connectivity index (χ3v) is 4.90. The van der Waals surface area contributed by atoms with Crippen LogP contribution >= 0.6 is 0 Å². The first kappa shape index (κ1) is 20.9. The Morgan fingerprint density at radius 3 is 2.60 bits per heavy atom. The van der Waals surface area contributed by atoms with Crippen molar-refractivity contribution in [2.45, 2.75) is 19.5 Å². The number of aromatic amines is 1. The van der Waals surface area contributed by atoms with Crippen molar-refractivity contribution in [3.63, 3.8) is 0 Å². The van der Waals surface area contributed by atoms with Gasteiger partial charge in [-0.25, -0.2) is 4.79 Å². The Hall–Kier alpha value is -3.82. The molecule has 2 aromatic heterocycles. The molecule has 1 atom stereocenters. The maximum absolute atomic E-state index is 12.5. The third-order valence-electron chi connectivity index (χ3n) is 4.90. The molecule has 0 saturated carbocycles. The van der Waals surface area contributed by atoms with Gasteiger partial charge in [0.05, 0.1) is 13.7 Å². The Labute approximate surface area is 171 Å². The number of rotatable bonds is 6. The monoisotopic (exact) mass is 413 g/mol. The fourth-order valence-corrected chi connectivity index (χ4v) is 3.05. The molecule has 0 fully saturated rings. The van der Waals surface area contributed by atoms with Crippen molar-refractivity contribution in [2.24, 2.45) is 14.1 Å². The SMILES string of the molecule is COc1cccc2[nH]c(C(=O)NC(C)C(=O)NCc3cc(=O)n(C)c(=O)n3C)cc12. The highest BCUT2D eigenvalue weighted by molar-refractivity contribution is 6.01. The lowest BCUT2D eigenvalue weighted by Crippen LogP contribution is -2.45. The molecule has 158 valence electrons. The van der Waals surface area contributed by atoms with Gasteiger partial charge in [0.1, 0.15) is 17.5 Å². The first-order chi connectivity index (χ1) is 14.2. The first-order valence-corrected chi connectivity index (χ1v) is 9.23. The number of ether oxygens (including phenoxy) is 1. The van der Waals surface area contributed by atoms with Crippen LogP contribution in [0.15, 0.2) is 39.9 Å². The first-order valence-electron chi connectivity index (χ1n) is 9.23. The molecule has 0 saturated heterocycles. The number of hydrogen-bond acceptors (Lipinski definition) is 5. The zero-order chi connectivity index (χ0) is 22.0. The number of methoxy groups -OCH3 is 1. The predicted octanol–water partition coefficient (Wildman–Crippen LogP) is 0.00860. The topological polar surface area (TPSA) is 127 Å². The number of benzene rings is 1. The van der Waals surface area contributed by atoms with E-state index < -0.39 is 29.1 Å². The molecular weight excluding hydrogens is 390 g/mol. The van der Waals surface area contributed by atoms with Crippen LogP contribution in [0.2, 0.25) is 0 Å². The molecular formula is C20H23N5O5. The lowest BCUT2D eigenvalue weighted by molar-refractivity contribution is -0.122. The van der Waals surface area contributed by atoms with Gasteiger partial charge in [-0.15, -0.1) is 0 Å². The Kier molecular flexibility index (Phi) is 5.77. The van der Waals surface area contributed by atoms with Gasteiger partial charge < -0.3 is 20.4 Å². The molecule has 3 rings (SSSR count). The Balaban J connectivity index is 1.67. The standard InChI is InChI=1S/C20H23N5O5/c1-11(18(27)21-10-12-8-17(26)25(3)20(29)24(12)2)22-19(28)15-9-13-14(23-15)6-5-7-16(13)30-4/h5-9,11,23H,10H2,1-4H3,(H,21,27)(H,22,28). The highest BCUT2D eigenvalue weighted by Crippen LogP contribution is 2.25. The minimum Gasteiger partial charge on any atom is -0.496 e. The molecule has 0 aliphatic rings. The Bertz CT molecular complexity index is 1240. The second-order valence-electron chi connectivity index (χ2n) is 6.89. The van der Waals surface area contributed by atoms with Gasteiger partial charge in [0.15, 0.2) is 0 Å². The smallest absolute Gasteiger partial charge is 0.330 e. The summed E-state index contributed by atoms with van der Waals surface area (Å²) >= 11 is 0. The average Bonchev–Trinajstić information content (AvgIpc) is 3.18. The lowest BCUT2D eigenvalue weighted by Gasteiger charge is -2.15. The van der Waals surface area contributed by atoms with E-state index in [1.165, 1.54) is 24.7 Å². The molecule has 3 N–H and O–H groups in total. The number of nitrogens with zero attached hydrogens (tertiary/aromatic N) is 2. The minimum absolute atomic E-state index is 0.0234. The van der Waals surface area contributed by atoms with Gasteiger partial charge in [-0.05, 0) is 25.1 Å². The fraction of sp³-hybridized carbons (Fsp3) is 0.300. The molecule has 0 aliphatic carbocycles. The van der Waals surface area contributed by atoms with E-state index in [0.29, 0.717) is 17.1 Å². The van der Waals surface area contributed by atoms with Crippen LogP contribution in [0.4, 0.5) is 0 Å². The van der Waals surface area contributed by atoms with E-state index in [-0.39, 0.29) is 6.54 Å². The number of carbonyl (C=O) groups excluding carboxylic acids is 2. The summed E-state index contributed by atoms with van der Waals surface area (Å²) in [6, 6.07) is 7.51. The summed E-state index contributed by atoms with van der Waals surface area (Å²) in [7, 11) is 4.44. The fourth-order valence-electron chi connectivity index (χ4n) is 3.05. The van der Waals surface area contributed by atoms with Crippen molar-refractivity contribution in [1.82, 2.24) is 24.8 Å². The Morgan fingerprint density at radius 1 is 1.17 bits per heavy atom. The predicted molar refractivity (Wildman–Crippen MR) is 111 cm³/mol. The van der Waals surface area contributed by atoms with Crippen molar-refractivity contribution in [1.29, 1.82) is 0 Å². The molecule has 1 aromatic carbocycles. The normalized spacial score (nSPS) is 11.9. The van der Waals surface area contributed by atoms with Gasteiger partial charge in [0.2, 0.25) is 5.91 Å². The van der Waals surface area contributed by atoms with E-state index in [0.717, 1.165) is 15.5 Å². The van der Waals surface area contributed by atoms with Crippen LogP contribution < -0.4 is 26.6 Å². The molecule has 2 heterocycles. The van der Waals surface area contributed by atoms with Gasteiger partial charge in [0, 0.05) is 36.8 Å².